The zero-order valence-electron chi connectivity index (χ0n) is 5.84. The first-order valence-electron chi connectivity index (χ1n) is 3.22. The molecule has 0 atom stereocenters. The Bertz CT molecular complexity index is 238. The Morgan fingerprint density at radius 1 is 1.30 bits per heavy atom. The molecule has 1 aromatic carbocycles. The second-order valence-corrected chi connectivity index (χ2v) is 3.18. The van der Waals surface area contributed by atoms with Crippen LogP contribution in [0, 0.1) is 3.57 Å². The van der Waals surface area contributed by atoms with Crippen LogP contribution in [0.3, 0.4) is 0 Å². The van der Waals surface area contributed by atoms with Gasteiger partial charge in [-0.05, 0) is 41.1 Å². The van der Waals surface area contributed by atoms with E-state index >= 15 is 0 Å². The van der Waals surface area contributed by atoms with Crippen LogP contribution in [0.4, 0.5) is 0 Å². The molecule has 0 saturated heterocycles. The summed E-state index contributed by atoms with van der Waals surface area (Å²) in [5, 5.41) is 0. The van der Waals surface area contributed by atoms with E-state index in [4.69, 9.17) is 0 Å². The minimum Gasteiger partial charge on any atom is -0.0870 e. The van der Waals surface area contributed by atoms with Gasteiger partial charge in [0.25, 0.3) is 0 Å². The van der Waals surface area contributed by atoms with Crippen LogP contribution >= 0.6 is 22.6 Å². The molecular weight excluding hydrogens is 235 g/mol. The lowest BCUT2D eigenvalue weighted by Crippen LogP contribution is -1.75. The van der Waals surface area contributed by atoms with Crippen LogP contribution in [0.25, 0.3) is 6.08 Å². The van der Waals surface area contributed by atoms with E-state index in [2.05, 4.69) is 59.0 Å². The van der Waals surface area contributed by atoms with Gasteiger partial charge in [0.2, 0.25) is 0 Å². The van der Waals surface area contributed by atoms with E-state index in [-0.39, 0.29) is 0 Å². The lowest BCUT2D eigenvalue weighted by Gasteiger charge is -1.94. The second-order valence-electron chi connectivity index (χ2n) is 2.02. The van der Waals surface area contributed by atoms with Crippen LogP contribution in [-0.2, 0) is 0 Å². The lowest BCUT2D eigenvalue weighted by atomic mass is 10.2. The van der Waals surface area contributed by atoms with Gasteiger partial charge in [-0.2, -0.15) is 0 Å². The molecule has 0 heterocycles. The average Bonchev–Trinajstić information content (AvgIpc) is 1.94. The van der Waals surface area contributed by atoms with Gasteiger partial charge in [-0.25, -0.2) is 0 Å². The predicted octanol–water partition coefficient (Wildman–Crippen LogP) is 3.32. The van der Waals surface area contributed by atoms with Crippen molar-refractivity contribution in [3.63, 3.8) is 0 Å². The molecule has 0 fully saturated rings. The van der Waals surface area contributed by atoms with Gasteiger partial charge in [-0.3, -0.25) is 0 Å². The highest BCUT2D eigenvalue weighted by Gasteiger charge is 1.89. The molecule has 1 rings (SSSR count). The molecule has 0 aliphatic heterocycles. The normalized spacial score (nSPS) is 10.6. The zero-order valence-corrected chi connectivity index (χ0v) is 8.00. The lowest BCUT2D eigenvalue weighted by molar-refractivity contribution is 1.59. The van der Waals surface area contributed by atoms with Crippen LogP contribution in [0.5, 0.6) is 0 Å². The number of hydrogen-bond acceptors (Lipinski definition) is 0. The summed E-state index contributed by atoms with van der Waals surface area (Å²) < 4.78 is 1.30. The van der Waals surface area contributed by atoms with Crippen molar-refractivity contribution in [2.45, 2.75) is 6.92 Å². The Morgan fingerprint density at radius 3 is 2.60 bits per heavy atom. The molecule has 0 N–H and O–H groups in total. The molecule has 0 radical (unpaired) electrons. The molecule has 0 spiro atoms. The molecule has 0 bridgehead atoms. The summed E-state index contributed by atoms with van der Waals surface area (Å²) in [6, 6.07) is 8.32. The number of halogens is 1. The molecule has 0 aliphatic carbocycles. The van der Waals surface area contributed by atoms with Crippen molar-refractivity contribution in [2.24, 2.45) is 0 Å². The summed E-state index contributed by atoms with van der Waals surface area (Å²) in [5.41, 5.74) is 1.30. The van der Waals surface area contributed by atoms with Crippen molar-refractivity contribution in [1.82, 2.24) is 0 Å². The molecule has 1 heteroatoms. The Balaban J connectivity index is 3.03. The SMILES string of the molecule is C/C=C/c1ccccc1I. The van der Waals surface area contributed by atoms with Crippen LogP contribution < -0.4 is 0 Å². The van der Waals surface area contributed by atoms with Gasteiger partial charge in [-0.15, -0.1) is 0 Å². The van der Waals surface area contributed by atoms with E-state index < -0.39 is 0 Å². The van der Waals surface area contributed by atoms with E-state index in [1.807, 2.05) is 6.92 Å². The van der Waals surface area contributed by atoms with E-state index in [9.17, 15) is 0 Å². The Kier molecular flexibility index (Phi) is 2.93. The van der Waals surface area contributed by atoms with Crippen molar-refractivity contribution >= 4 is 28.7 Å². The highest BCUT2D eigenvalue weighted by molar-refractivity contribution is 14.1. The van der Waals surface area contributed by atoms with E-state index in [0.29, 0.717) is 0 Å². The van der Waals surface area contributed by atoms with Crippen LogP contribution in [0.1, 0.15) is 12.5 Å². The van der Waals surface area contributed by atoms with E-state index in [1.54, 1.807) is 0 Å². The topological polar surface area (TPSA) is 0 Å². The third-order valence-electron chi connectivity index (χ3n) is 1.25. The summed E-state index contributed by atoms with van der Waals surface area (Å²) in [6.07, 6.45) is 4.17. The minimum atomic E-state index is 1.30. The van der Waals surface area contributed by atoms with Gasteiger partial charge in [0.15, 0.2) is 0 Å². The molecular formula is C9H9I. The summed E-state index contributed by atoms with van der Waals surface area (Å²) in [4.78, 5) is 0. The summed E-state index contributed by atoms with van der Waals surface area (Å²) in [6.45, 7) is 2.03. The van der Waals surface area contributed by atoms with Crippen LogP contribution in [0.2, 0.25) is 0 Å². The largest absolute Gasteiger partial charge is 0.0870 e. The zero-order chi connectivity index (χ0) is 7.40. The van der Waals surface area contributed by atoms with Crippen molar-refractivity contribution in [1.29, 1.82) is 0 Å². The fourth-order valence-electron chi connectivity index (χ4n) is 0.790. The van der Waals surface area contributed by atoms with Gasteiger partial charge in [0.1, 0.15) is 0 Å². The molecule has 0 amide bonds. The highest BCUT2D eigenvalue weighted by Crippen LogP contribution is 2.12. The van der Waals surface area contributed by atoms with Crippen molar-refractivity contribution in [3.8, 4) is 0 Å². The maximum Gasteiger partial charge on any atom is 0.0202 e. The first kappa shape index (κ1) is 7.79. The van der Waals surface area contributed by atoms with Crippen LogP contribution in [0.15, 0.2) is 30.3 Å². The fraction of sp³-hybridized carbons (Fsp3) is 0.111. The Morgan fingerprint density at radius 2 is 2.00 bits per heavy atom. The molecule has 0 aliphatic rings. The molecule has 0 saturated carbocycles. The van der Waals surface area contributed by atoms with Gasteiger partial charge >= 0.3 is 0 Å². The second kappa shape index (κ2) is 3.76. The first-order chi connectivity index (χ1) is 4.84. The number of benzene rings is 1. The van der Waals surface area contributed by atoms with Gasteiger partial charge < -0.3 is 0 Å². The van der Waals surface area contributed by atoms with Gasteiger partial charge in [0.05, 0.1) is 0 Å². The number of hydrogen-bond donors (Lipinski definition) is 0. The fourth-order valence-corrected chi connectivity index (χ4v) is 1.36. The molecule has 0 aromatic heterocycles. The van der Waals surface area contributed by atoms with E-state index in [0.717, 1.165) is 0 Å². The van der Waals surface area contributed by atoms with Crippen molar-refractivity contribution in [2.75, 3.05) is 0 Å². The third-order valence-corrected chi connectivity index (χ3v) is 2.23. The molecule has 1 aromatic rings. The predicted molar refractivity (Wildman–Crippen MR) is 53.9 cm³/mol. The van der Waals surface area contributed by atoms with Gasteiger partial charge in [0, 0.05) is 3.57 Å². The summed E-state index contributed by atoms with van der Waals surface area (Å²) in [7, 11) is 0. The molecule has 0 nitrogen and oxygen atoms in total. The quantitative estimate of drug-likeness (QED) is 0.664. The standard InChI is InChI=1S/C9H9I/c1-2-5-8-6-3-4-7-9(8)10/h2-7H,1H3/b5-2+. The summed E-state index contributed by atoms with van der Waals surface area (Å²) in [5.74, 6) is 0. The van der Waals surface area contributed by atoms with Crippen molar-refractivity contribution in [3.05, 3.63) is 39.5 Å². The van der Waals surface area contributed by atoms with Crippen LogP contribution in [-0.4, -0.2) is 0 Å². The maximum absolute atomic E-state index is 2.33. The molecule has 10 heavy (non-hydrogen) atoms. The monoisotopic (exact) mass is 244 g/mol. The Hall–Kier alpha value is -0.310. The maximum atomic E-state index is 2.33. The Labute approximate surface area is 75.1 Å². The first-order valence-corrected chi connectivity index (χ1v) is 4.29. The average molecular weight is 244 g/mol. The van der Waals surface area contributed by atoms with Gasteiger partial charge in [-0.1, -0.05) is 30.4 Å². The third kappa shape index (κ3) is 1.84. The smallest absolute Gasteiger partial charge is 0.0202 e. The van der Waals surface area contributed by atoms with Crippen molar-refractivity contribution < 1.29 is 0 Å². The number of allylic oxidation sites excluding steroid dienone is 1. The highest BCUT2D eigenvalue weighted by atomic mass is 127. The summed E-state index contributed by atoms with van der Waals surface area (Å²) >= 11 is 2.33. The molecule has 52 valence electrons. The minimum absolute atomic E-state index is 1.30. The van der Waals surface area contributed by atoms with E-state index in [1.165, 1.54) is 9.13 Å². The molecule has 0 unspecified atom stereocenters. The number of rotatable bonds is 1.